The number of hydrogen-bond donors (Lipinski definition) is 0. The van der Waals surface area contributed by atoms with E-state index in [4.69, 9.17) is 19.6 Å². The monoisotopic (exact) mass is 919 g/mol. The fourth-order valence-electron chi connectivity index (χ4n) is 11.1. The Labute approximate surface area is 412 Å². The molecule has 0 aromatic heterocycles. The average molecular weight is 919 g/mol. The minimum absolute atomic E-state index is 0.0981. The van der Waals surface area contributed by atoms with Crippen LogP contribution in [0.25, 0.3) is 10.8 Å². The molecule has 2 atom stereocenters. The number of fused-ring (bicyclic) bond motifs is 1. The molecule has 0 bridgehead atoms. The highest BCUT2D eigenvalue weighted by Crippen LogP contribution is 2.64. The molecule has 0 amide bonds. The maximum atomic E-state index is 7.79. The number of hydrogen-bond acceptors (Lipinski definition) is 6. The molecule has 6 heteroatoms. The maximum absolute atomic E-state index is 7.79. The van der Waals surface area contributed by atoms with Crippen molar-refractivity contribution in [1.82, 2.24) is 0 Å². The van der Waals surface area contributed by atoms with Crippen LogP contribution in [-0.2, 0) is 0 Å². The molecule has 0 heterocycles. The molecule has 5 rings (SSSR count). The molecule has 0 aliphatic carbocycles. The summed E-state index contributed by atoms with van der Waals surface area (Å²) in [5, 5.41) is 11.4. The summed E-state index contributed by atoms with van der Waals surface area (Å²) in [5.74, 6) is 1.88. The van der Waals surface area contributed by atoms with Crippen LogP contribution >= 0.6 is 0 Å². The summed E-state index contributed by atoms with van der Waals surface area (Å²) in [6, 6.07) is 37.1. The molecule has 0 N–H and O–H groups in total. The van der Waals surface area contributed by atoms with Crippen LogP contribution in [0.1, 0.15) is 195 Å². The van der Waals surface area contributed by atoms with Crippen molar-refractivity contribution in [2.24, 2.45) is 31.0 Å². The second-order valence-corrected chi connectivity index (χ2v) is 19.3. The molecule has 0 radical (unpaired) electrons. The third-order valence-corrected chi connectivity index (χ3v) is 14.4. The van der Waals surface area contributed by atoms with Gasteiger partial charge in [-0.3, -0.25) is 9.98 Å². The average Bonchev–Trinajstić information content (AvgIpc) is 3.37. The number of ether oxygens (including phenoxy) is 2. The summed E-state index contributed by atoms with van der Waals surface area (Å²) in [6.45, 7) is 19.7. The number of nitrogens with zero attached hydrogens (tertiary/aromatic N) is 4. The molecular weight excluding hydrogens is 833 g/mol. The Morgan fingerprint density at radius 1 is 0.412 bits per heavy atom. The predicted octanol–water partition coefficient (Wildman–Crippen LogP) is 20.2. The Morgan fingerprint density at radius 3 is 1.51 bits per heavy atom. The first-order valence-electron chi connectivity index (χ1n) is 26.9. The number of benzene rings is 5. The van der Waals surface area contributed by atoms with Crippen molar-refractivity contribution in [2.75, 3.05) is 6.61 Å². The Bertz CT molecular complexity index is 2270. The molecule has 0 fully saturated rings. The molecular formula is C62H86N4O2. The minimum atomic E-state index is -0.233. The van der Waals surface area contributed by atoms with E-state index in [1.54, 1.807) is 0 Å². The molecule has 0 aliphatic rings. The van der Waals surface area contributed by atoms with Crippen LogP contribution < -0.4 is 9.47 Å². The lowest BCUT2D eigenvalue weighted by atomic mass is 9.46. The van der Waals surface area contributed by atoms with E-state index in [9.17, 15) is 0 Å². The lowest BCUT2D eigenvalue weighted by Crippen LogP contribution is -2.61. The lowest BCUT2D eigenvalue weighted by Gasteiger charge is -2.62. The van der Waals surface area contributed by atoms with Gasteiger partial charge in [0.1, 0.15) is 17.1 Å². The molecule has 0 saturated heterocycles. The van der Waals surface area contributed by atoms with Crippen LogP contribution in [0.2, 0.25) is 0 Å². The Hall–Kier alpha value is -5.10. The Morgan fingerprint density at radius 2 is 0.926 bits per heavy atom. The second kappa shape index (κ2) is 28.4. The second-order valence-electron chi connectivity index (χ2n) is 19.3. The van der Waals surface area contributed by atoms with Gasteiger partial charge in [0, 0.05) is 28.6 Å². The first kappa shape index (κ1) is 53.8. The van der Waals surface area contributed by atoms with Gasteiger partial charge in [0.05, 0.1) is 29.4 Å². The van der Waals surface area contributed by atoms with Crippen LogP contribution in [0.4, 0.5) is 22.7 Å². The quantitative estimate of drug-likeness (QED) is 0.0245. The number of rotatable bonds is 32. The van der Waals surface area contributed by atoms with Crippen LogP contribution in [0.5, 0.6) is 11.5 Å². The summed E-state index contributed by atoms with van der Waals surface area (Å²) in [6.07, 6.45) is 28.1. The van der Waals surface area contributed by atoms with Crippen LogP contribution in [-0.4, -0.2) is 24.6 Å². The molecule has 0 saturated carbocycles. The van der Waals surface area contributed by atoms with Crippen LogP contribution in [0, 0.1) is 10.8 Å². The van der Waals surface area contributed by atoms with Crippen molar-refractivity contribution in [3.63, 3.8) is 0 Å². The highest BCUT2D eigenvalue weighted by atomic mass is 16.5. The van der Waals surface area contributed by atoms with Crippen molar-refractivity contribution in [3.8, 4) is 11.5 Å². The highest BCUT2D eigenvalue weighted by molar-refractivity contribution is 6.01. The largest absolute Gasteiger partial charge is 0.494 e. The van der Waals surface area contributed by atoms with E-state index in [1.807, 2.05) is 79.2 Å². The van der Waals surface area contributed by atoms with Gasteiger partial charge in [0.25, 0.3) is 0 Å². The third kappa shape index (κ3) is 14.2. The van der Waals surface area contributed by atoms with E-state index >= 15 is 0 Å². The zero-order valence-electron chi connectivity index (χ0n) is 43.5. The smallest absolute Gasteiger partial charge is 0.120 e. The van der Waals surface area contributed by atoms with E-state index in [2.05, 4.69) is 108 Å². The number of azo groups is 1. The minimum Gasteiger partial charge on any atom is -0.494 e. The van der Waals surface area contributed by atoms with Crippen LogP contribution in [0.3, 0.4) is 0 Å². The Balaban J connectivity index is 1.38. The van der Waals surface area contributed by atoms with Crippen molar-refractivity contribution in [1.29, 1.82) is 0 Å². The van der Waals surface area contributed by atoms with E-state index in [0.717, 1.165) is 94.9 Å². The van der Waals surface area contributed by atoms with E-state index in [0.29, 0.717) is 0 Å². The summed E-state index contributed by atoms with van der Waals surface area (Å²) in [7, 11) is 0. The van der Waals surface area contributed by atoms with Crippen LogP contribution in [0.15, 0.2) is 129 Å². The van der Waals surface area contributed by atoms with E-state index in [-0.39, 0.29) is 16.4 Å². The SMILES string of the molecule is CCCCOc1ccc(C=Nc2ccc(N=Nc3ccc(N=Cc4ccc(OC(CCC)(CCCC)C(CCC)(CCCC)C(CCC)(CCCC)CCCC)cc4)c4ccccc34)cc2)cc1. The molecule has 68 heavy (non-hydrogen) atoms. The van der Waals surface area contributed by atoms with Gasteiger partial charge in [-0.2, -0.15) is 5.11 Å². The highest BCUT2D eigenvalue weighted by Gasteiger charge is 2.61. The fraction of sp³-hybridized carbons (Fsp3) is 0.516. The molecule has 5 aromatic carbocycles. The van der Waals surface area contributed by atoms with Gasteiger partial charge < -0.3 is 9.47 Å². The fourth-order valence-corrected chi connectivity index (χ4v) is 11.1. The molecule has 0 spiro atoms. The van der Waals surface area contributed by atoms with Gasteiger partial charge in [-0.1, -0.05) is 150 Å². The van der Waals surface area contributed by atoms with Gasteiger partial charge in [-0.25, -0.2) is 0 Å². The molecule has 2 unspecified atom stereocenters. The zero-order chi connectivity index (χ0) is 48.5. The van der Waals surface area contributed by atoms with E-state index in [1.165, 1.54) is 96.3 Å². The normalized spacial score (nSPS) is 14.0. The lowest BCUT2D eigenvalue weighted by molar-refractivity contribution is -0.172. The molecule has 366 valence electrons. The summed E-state index contributed by atoms with van der Waals surface area (Å²) >= 11 is 0. The van der Waals surface area contributed by atoms with E-state index < -0.39 is 0 Å². The standard InChI is InChI=1S/C62H86N4O2/c1-9-17-43-60(40-14-6,44-18-10-2)61(41-15-7,45-19-11-3)62(42-16-8,46-20-12-4)68-55-36-28-51(29-37-55)49-64-58-38-39-59(57-25-23-22-24-56(57)58)66-65-53-32-30-52(31-33-53)63-48-50-26-34-54(35-27-50)67-47-21-13-5/h22-39,48-49H,9-21,40-47H2,1-8H3. The van der Waals surface area contributed by atoms with Gasteiger partial charge in [0.2, 0.25) is 0 Å². The maximum Gasteiger partial charge on any atom is 0.120 e. The summed E-state index contributed by atoms with van der Waals surface area (Å²) in [4.78, 5) is 9.72. The van der Waals surface area contributed by atoms with Crippen molar-refractivity contribution >= 4 is 46.0 Å². The predicted molar refractivity (Wildman–Crippen MR) is 293 cm³/mol. The number of aliphatic imine (C=N–C) groups is 2. The molecule has 0 aliphatic heterocycles. The van der Waals surface area contributed by atoms with Gasteiger partial charge >= 0.3 is 0 Å². The van der Waals surface area contributed by atoms with Crippen molar-refractivity contribution in [2.45, 2.75) is 189 Å². The van der Waals surface area contributed by atoms with Gasteiger partial charge in [-0.15, -0.1) is 5.11 Å². The first-order chi connectivity index (χ1) is 33.3. The summed E-state index contributed by atoms with van der Waals surface area (Å²) < 4.78 is 13.6. The Kier molecular flexibility index (Phi) is 22.5. The zero-order valence-corrected chi connectivity index (χ0v) is 43.5. The van der Waals surface area contributed by atoms with Crippen molar-refractivity contribution < 1.29 is 9.47 Å². The molecule has 5 aromatic rings. The first-order valence-corrected chi connectivity index (χ1v) is 26.9. The third-order valence-electron chi connectivity index (χ3n) is 14.4. The van der Waals surface area contributed by atoms with Crippen molar-refractivity contribution in [3.05, 3.63) is 120 Å². The van der Waals surface area contributed by atoms with Gasteiger partial charge in [0.15, 0.2) is 0 Å². The summed E-state index contributed by atoms with van der Waals surface area (Å²) in [5.41, 5.74) is 5.50. The van der Waals surface area contributed by atoms with Gasteiger partial charge in [-0.05, 0) is 159 Å². The molecule has 6 nitrogen and oxygen atoms in total. The topological polar surface area (TPSA) is 67.9 Å². The number of unbranched alkanes of at least 4 members (excludes halogenated alkanes) is 5.